The average Bonchev–Trinajstić information content (AvgIpc) is 2.80. The van der Waals surface area contributed by atoms with E-state index in [9.17, 15) is 5.11 Å². The molecule has 0 saturated carbocycles. The SMILES string of the molecule is CC(C)(O)c1cnc2c(c1)ncn2-c1cccc(Br)c1. The molecular weight excluding hydrogens is 318 g/mol. The van der Waals surface area contributed by atoms with Crippen LogP contribution in [0, 0.1) is 0 Å². The molecule has 2 heterocycles. The fourth-order valence-corrected chi connectivity index (χ4v) is 2.44. The molecule has 0 spiro atoms. The molecular formula is C15H14BrN3O. The number of hydrogen-bond acceptors (Lipinski definition) is 3. The number of aromatic nitrogens is 3. The van der Waals surface area contributed by atoms with Crippen LogP contribution in [0.4, 0.5) is 0 Å². The van der Waals surface area contributed by atoms with Crippen LogP contribution in [0.25, 0.3) is 16.9 Å². The second kappa shape index (κ2) is 4.68. The van der Waals surface area contributed by atoms with Crippen LogP contribution >= 0.6 is 15.9 Å². The van der Waals surface area contributed by atoms with Gasteiger partial charge in [0.15, 0.2) is 5.65 Å². The molecule has 0 radical (unpaired) electrons. The lowest BCUT2D eigenvalue weighted by molar-refractivity contribution is 0.0784. The highest BCUT2D eigenvalue weighted by Gasteiger charge is 2.18. The van der Waals surface area contributed by atoms with Gasteiger partial charge in [0.05, 0.1) is 5.60 Å². The van der Waals surface area contributed by atoms with E-state index >= 15 is 0 Å². The Balaban J connectivity index is 2.15. The fourth-order valence-electron chi connectivity index (χ4n) is 2.05. The van der Waals surface area contributed by atoms with Crippen molar-refractivity contribution in [2.45, 2.75) is 19.4 Å². The van der Waals surface area contributed by atoms with Crippen LogP contribution in [0.5, 0.6) is 0 Å². The summed E-state index contributed by atoms with van der Waals surface area (Å²) < 4.78 is 2.93. The summed E-state index contributed by atoms with van der Waals surface area (Å²) in [5.41, 5.74) is 2.37. The van der Waals surface area contributed by atoms with Gasteiger partial charge in [0.2, 0.25) is 0 Å². The zero-order valence-corrected chi connectivity index (χ0v) is 12.8. The lowest BCUT2D eigenvalue weighted by Gasteiger charge is -2.16. The summed E-state index contributed by atoms with van der Waals surface area (Å²) in [5.74, 6) is 0. The van der Waals surface area contributed by atoms with Crippen LogP contribution in [-0.4, -0.2) is 19.6 Å². The lowest BCUT2D eigenvalue weighted by Crippen LogP contribution is -2.15. The smallest absolute Gasteiger partial charge is 0.164 e. The van der Waals surface area contributed by atoms with E-state index in [4.69, 9.17) is 0 Å². The van der Waals surface area contributed by atoms with Crippen molar-refractivity contribution in [1.29, 1.82) is 0 Å². The van der Waals surface area contributed by atoms with Crippen LogP contribution in [0.15, 0.2) is 47.3 Å². The van der Waals surface area contributed by atoms with Crippen molar-refractivity contribution in [3.8, 4) is 5.69 Å². The highest BCUT2D eigenvalue weighted by Crippen LogP contribution is 2.24. The fraction of sp³-hybridized carbons (Fsp3) is 0.200. The zero-order valence-electron chi connectivity index (χ0n) is 11.2. The highest BCUT2D eigenvalue weighted by atomic mass is 79.9. The third kappa shape index (κ3) is 2.34. The molecule has 0 fully saturated rings. The van der Waals surface area contributed by atoms with Crippen LogP contribution in [0.1, 0.15) is 19.4 Å². The van der Waals surface area contributed by atoms with Gasteiger partial charge in [0, 0.05) is 21.9 Å². The predicted octanol–water partition coefficient (Wildman–Crippen LogP) is 3.41. The maximum Gasteiger partial charge on any atom is 0.164 e. The number of imidazole rings is 1. The first-order chi connectivity index (χ1) is 9.45. The van der Waals surface area contributed by atoms with Crippen molar-refractivity contribution < 1.29 is 5.11 Å². The van der Waals surface area contributed by atoms with E-state index in [1.807, 2.05) is 34.9 Å². The molecule has 3 rings (SSSR count). The normalized spacial score (nSPS) is 12.0. The number of nitrogens with zero attached hydrogens (tertiary/aromatic N) is 3. The van der Waals surface area contributed by atoms with Gasteiger partial charge in [0.25, 0.3) is 0 Å². The highest BCUT2D eigenvalue weighted by molar-refractivity contribution is 9.10. The molecule has 0 bridgehead atoms. The molecule has 0 aliphatic heterocycles. The largest absolute Gasteiger partial charge is 0.386 e. The molecule has 0 aliphatic carbocycles. The number of aliphatic hydroxyl groups is 1. The third-order valence-electron chi connectivity index (χ3n) is 3.18. The summed E-state index contributed by atoms with van der Waals surface area (Å²) in [6.07, 6.45) is 3.44. The Morgan fingerprint density at radius 2 is 2.00 bits per heavy atom. The first-order valence-electron chi connectivity index (χ1n) is 6.27. The van der Waals surface area contributed by atoms with Crippen molar-refractivity contribution in [3.05, 3.63) is 52.9 Å². The van der Waals surface area contributed by atoms with Gasteiger partial charge in [-0.3, -0.25) is 4.57 Å². The Morgan fingerprint density at radius 1 is 1.20 bits per heavy atom. The zero-order chi connectivity index (χ0) is 14.3. The maximum absolute atomic E-state index is 10.0. The van der Waals surface area contributed by atoms with E-state index in [1.165, 1.54) is 0 Å². The lowest BCUT2D eigenvalue weighted by atomic mass is 10.0. The van der Waals surface area contributed by atoms with E-state index in [1.54, 1.807) is 26.4 Å². The molecule has 20 heavy (non-hydrogen) atoms. The monoisotopic (exact) mass is 331 g/mol. The van der Waals surface area contributed by atoms with Gasteiger partial charge in [-0.25, -0.2) is 9.97 Å². The quantitative estimate of drug-likeness (QED) is 0.782. The number of fused-ring (bicyclic) bond motifs is 1. The van der Waals surface area contributed by atoms with Crippen LogP contribution in [-0.2, 0) is 5.60 Å². The average molecular weight is 332 g/mol. The van der Waals surface area contributed by atoms with E-state index in [0.29, 0.717) is 0 Å². The van der Waals surface area contributed by atoms with E-state index < -0.39 is 5.60 Å². The molecule has 0 aliphatic rings. The summed E-state index contributed by atoms with van der Waals surface area (Å²) >= 11 is 3.46. The number of rotatable bonds is 2. The first kappa shape index (κ1) is 13.3. The minimum absolute atomic E-state index is 0.754. The maximum atomic E-state index is 10.0. The summed E-state index contributed by atoms with van der Waals surface area (Å²) in [4.78, 5) is 8.81. The second-order valence-electron chi connectivity index (χ2n) is 5.22. The van der Waals surface area contributed by atoms with E-state index in [0.717, 1.165) is 26.9 Å². The van der Waals surface area contributed by atoms with Crippen LogP contribution in [0.3, 0.4) is 0 Å². The molecule has 2 aromatic heterocycles. The second-order valence-corrected chi connectivity index (χ2v) is 6.14. The van der Waals surface area contributed by atoms with Gasteiger partial charge in [-0.15, -0.1) is 0 Å². The molecule has 1 aromatic carbocycles. The molecule has 0 saturated heterocycles. The molecule has 0 amide bonds. The Hall–Kier alpha value is -1.72. The van der Waals surface area contributed by atoms with Crippen molar-refractivity contribution in [1.82, 2.24) is 14.5 Å². The summed E-state index contributed by atoms with van der Waals surface area (Å²) in [6.45, 7) is 3.47. The topological polar surface area (TPSA) is 50.9 Å². The van der Waals surface area contributed by atoms with Crippen molar-refractivity contribution in [3.63, 3.8) is 0 Å². The van der Waals surface area contributed by atoms with Crippen molar-refractivity contribution in [2.24, 2.45) is 0 Å². The van der Waals surface area contributed by atoms with Gasteiger partial charge in [-0.1, -0.05) is 22.0 Å². The Morgan fingerprint density at radius 3 is 2.70 bits per heavy atom. The van der Waals surface area contributed by atoms with E-state index in [2.05, 4.69) is 25.9 Å². The number of pyridine rings is 1. The summed E-state index contributed by atoms with van der Waals surface area (Å²) in [5, 5.41) is 10.0. The minimum atomic E-state index is -0.916. The van der Waals surface area contributed by atoms with Gasteiger partial charge >= 0.3 is 0 Å². The van der Waals surface area contributed by atoms with Crippen LogP contribution < -0.4 is 0 Å². The molecule has 5 heteroatoms. The van der Waals surface area contributed by atoms with Gasteiger partial charge < -0.3 is 5.11 Å². The van der Waals surface area contributed by atoms with E-state index in [-0.39, 0.29) is 0 Å². The Labute approximate surface area is 125 Å². The van der Waals surface area contributed by atoms with Gasteiger partial charge in [-0.2, -0.15) is 0 Å². The van der Waals surface area contributed by atoms with Gasteiger partial charge in [-0.05, 0) is 38.1 Å². The molecule has 1 N–H and O–H groups in total. The van der Waals surface area contributed by atoms with Crippen LogP contribution in [0.2, 0.25) is 0 Å². The first-order valence-corrected chi connectivity index (χ1v) is 7.06. The van der Waals surface area contributed by atoms with Crippen molar-refractivity contribution >= 4 is 27.1 Å². The molecule has 0 unspecified atom stereocenters. The third-order valence-corrected chi connectivity index (χ3v) is 3.67. The molecule has 3 aromatic rings. The standard InChI is InChI=1S/C15H14BrN3O/c1-15(2,20)10-6-13-14(17-8-10)19(9-18-13)12-5-3-4-11(16)7-12/h3-9,20H,1-2H3. The summed E-state index contributed by atoms with van der Waals surface area (Å²) in [7, 11) is 0. The number of halogens is 1. The Kier molecular flexibility index (Phi) is 3.11. The molecule has 0 atom stereocenters. The minimum Gasteiger partial charge on any atom is -0.386 e. The molecule has 102 valence electrons. The summed E-state index contributed by atoms with van der Waals surface area (Å²) in [6, 6.07) is 9.82. The Bertz CT molecular complexity index is 774. The van der Waals surface area contributed by atoms with Gasteiger partial charge in [0.1, 0.15) is 11.8 Å². The predicted molar refractivity (Wildman–Crippen MR) is 81.8 cm³/mol. The molecule has 4 nitrogen and oxygen atoms in total. The van der Waals surface area contributed by atoms with Crippen molar-refractivity contribution in [2.75, 3.05) is 0 Å². The number of hydrogen-bond donors (Lipinski definition) is 1. The number of benzene rings is 1.